The van der Waals surface area contributed by atoms with Crippen LogP contribution in [-0.2, 0) is 4.79 Å². The molecule has 1 rings (SSSR count). The first-order chi connectivity index (χ1) is 9.06. The fourth-order valence-electron chi connectivity index (χ4n) is 1.57. The predicted molar refractivity (Wildman–Crippen MR) is 74.4 cm³/mol. The number of non-ortho nitro benzene ring substituents is 1. The third-order valence-corrected chi connectivity index (χ3v) is 2.47. The van der Waals surface area contributed by atoms with Crippen molar-refractivity contribution in [3.8, 4) is 0 Å². The molecule has 0 aliphatic rings. The highest BCUT2D eigenvalue weighted by atomic mass is 16.6. The summed E-state index contributed by atoms with van der Waals surface area (Å²) in [6.45, 7) is 3.02. The summed E-state index contributed by atoms with van der Waals surface area (Å²) in [6.07, 6.45) is 0.315. The smallest absolute Gasteiger partial charge is 0.273 e. The van der Waals surface area contributed by atoms with Gasteiger partial charge in [-0.25, -0.2) is 0 Å². The van der Waals surface area contributed by atoms with Crippen LogP contribution in [-0.4, -0.2) is 31.0 Å². The van der Waals surface area contributed by atoms with Gasteiger partial charge in [-0.1, -0.05) is 0 Å². The minimum Gasteiger partial charge on any atom is -0.385 e. The summed E-state index contributed by atoms with van der Waals surface area (Å²) < 4.78 is 0. The molecule has 0 heterocycles. The van der Waals surface area contributed by atoms with Gasteiger partial charge in [-0.05, 0) is 13.0 Å². The van der Waals surface area contributed by atoms with Gasteiger partial charge >= 0.3 is 0 Å². The lowest BCUT2D eigenvalue weighted by Crippen LogP contribution is -2.20. The van der Waals surface area contributed by atoms with Gasteiger partial charge in [0.25, 0.3) is 5.69 Å². The molecule has 3 N–H and O–H groups in total. The molecule has 0 atom stereocenters. The summed E-state index contributed by atoms with van der Waals surface area (Å²) in [4.78, 5) is 21.5. The quantitative estimate of drug-likeness (QED) is 0.514. The fourth-order valence-corrected chi connectivity index (χ4v) is 1.57. The van der Waals surface area contributed by atoms with E-state index in [-0.39, 0.29) is 11.6 Å². The Bertz CT molecular complexity index is 462. The molecule has 7 nitrogen and oxygen atoms in total. The van der Waals surface area contributed by atoms with E-state index in [2.05, 4.69) is 16.0 Å². The number of carbonyl (C=O) groups excluding carboxylic acids is 1. The van der Waals surface area contributed by atoms with Crippen molar-refractivity contribution < 1.29 is 9.72 Å². The van der Waals surface area contributed by atoms with Crippen molar-refractivity contribution in [1.29, 1.82) is 0 Å². The minimum absolute atomic E-state index is 0.0147. The summed E-state index contributed by atoms with van der Waals surface area (Å²) in [6, 6.07) is 4.71. The number of benzene rings is 1. The molecule has 1 aromatic carbocycles. The molecule has 104 valence electrons. The Morgan fingerprint density at radius 2 is 1.89 bits per heavy atom. The average molecular weight is 266 g/mol. The number of nitro benzene ring substituents is 1. The second-order valence-corrected chi connectivity index (χ2v) is 3.91. The van der Waals surface area contributed by atoms with Gasteiger partial charge in [0.15, 0.2) is 0 Å². The summed E-state index contributed by atoms with van der Waals surface area (Å²) in [5.74, 6) is -0.0789. The summed E-state index contributed by atoms with van der Waals surface area (Å²) in [7, 11) is 1.57. The molecule has 0 aliphatic heterocycles. The predicted octanol–water partition coefficient (Wildman–Crippen LogP) is 1.57. The Kier molecular flexibility index (Phi) is 5.59. The van der Waals surface area contributed by atoms with Crippen LogP contribution in [0.5, 0.6) is 0 Å². The Morgan fingerprint density at radius 3 is 2.42 bits per heavy atom. The van der Waals surface area contributed by atoms with E-state index in [9.17, 15) is 14.9 Å². The van der Waals surface area contributed by atoms with Crippen LogP contribution in [0.25, 0.3) is 0 Å². The molecule has 1 amide bonds. The van der Waals surface area contributed by atoms with Crippen LogP contribution in [0.4, 0.5) is 17.1 Å². The van der Waals surface area contributed by atoms with Crippen molar-refractivity contribution >= 4 is 23.0 Å². The molecule has 0 saturated heterocycles. The van der Waals surface area contributed by atoms with Crippen molar-refractivity contribution in [2.24, 2.45) is 0 Å². The van der Waals surface area contributed by atoms with E-state index in [0.717, 1.165) is 0 Å². The first-order valence-corrected chi connectivity index (χ1v) is 6.04. The average Bonchev–Trinajstić information content (AvgIpc) is 2.38. The van der Waals surface area contributed by atoms with Crippen molar-refractivity contribution in [2.75, 3.05) is 30.8 Å². The highest BCUT2D eigenvalue weighted by Gasteiger charge is 2.09. The number of hydrogen-bond acceptors (Lipinski definition) is 5. The minimum atomic E-state index is -0.440. The molecule has 7 heteroatoms. The maximum absolute atomic E-state index is 11.1. The molecule has 0 unspecified atom stereocenters. The number of nitrogens with zero attached hydrogens (tertiary/aromatic N) is 1. The number of nitrogens with one attached hydrogen (secondary N) is 3. The lowest BCUT2D eigenvalue weighted by molar-refractivity contribution is -0.384. The van der Waals surface area contributed by atoms with E-state index in [1.165, 1.54) is 12.1 Å². The van der Waals surface area contributed by atoms with Crippen molar-refractivity contribution in [3.05, 3.63) is 28.3 Å². The van der Waals surface area contributed by atoms with Gasteiger partial charge in [-0.2, -0.15) is 0 Å². The standard InChI is InChI=1S/C12H18N4O3/c1-3-14-9-6-10(8-11(7-9)16(18)19)15-5-4-12(17)13-2/h6-8,14-15H,3-5H2,1-2H3,(H,13,17). The third-order valence-electron chi connectivity index (χ3n) is 2.47. The number of nitro groups is 1. The lowest BCUT2D eigenvalue weighted by Gasteiger charge is -2.09. The number of carbonyl (C=O) groups is 1. The van der Waals surface area contributed by atoms with Crippen LogP contribution < -0.4 is 16.0 Å². The molecule has 0 bridgehead atoms. The van der Waals surface area contributed by atoms with Crippen LogP contribution in [0.2, 0.25) is 0 Å². The molecule has 0 saturated carbocycles. The largest absolute Gasteiger partial charge is 0.385 e. The molecule has 0 fully saturated rings. The van der Waals surface area contributed by atoms with Gasteiger partial charge in [0.1, 0.15) is 0 Å². The van der Waals surface area contributed by atoms with E-state index in [4.69, 9.17) is 0 Å². The second-order valence-electron chi connectivity index (χ2n) is 3.91. The topological polar surface area (TPSA) is 96.3 Å². The number of amides is 1. The van der Waals surface area contributed by atoms with E-state index in [1.807, 2.05) is 6.92 Å². The number of hydrogen-bond donors (Lipinski definition) is 3. The zero-order valence-electron chi connectivity index (χ0n) is 11.0. The highest BCUT2D eigenvalue weighted by Crippen LogP contribution is 2.24. The second kappa shape index (κ2) is 7.20. The van der Waals surface area contributed by atoms with E-state index < -0.39 is 4.92 Å². The molecule has 0 aromatic heterocycles. The molecule has 0 aliphatic carbocycles. The van der Waals surface area contributed by atoms with Crippen LogP contribution in [0.1, 0.15) is 13.3 Å². The molecule has 1 aromatic rings. The lowest BCUT2D eigenvalue weighted by atomic mass is 10.2. The van der Waals surface area contributed by atoms with Crippen molar-refractivity contribution in [3.63, 3.8) is 0 Å². The summed E-state index contributed by atoms with van der Waals surface area (Å²) >= 11 is 0. The maximum Gasteiger partial charge on any atom is 0.273 e. The van der Waals surface area contributed by atoms with Gasteiger partial charge in [0, 0.05) is 50.1 Å². The normalized spacial score (nSPS) is 9.79. The SMILES string of the molecule is CCNc1cc(NCCC(=O)NC)cc([N+](=O)[O-])c1. The van der Waals surface area contributed by atoms with E-state index in [0.29, 0.717) is 30.9 Å². The Morgan fingerprint density at radius 1 is 1.26 bits per heavy atom. The number of anilines is 2. The Hall–Kier alpha value is -2.31. The van der Waals surface area contributed by atoms with E-state index in [1.54, 1.807) is 13.1 Å². The molecule has 0 spiro atoms. The van der Waals surface area contributed by atoms with Gasteiger partial charge in [-0.15, -0.1) is 0 Å². The zero-order chi connectivity index (χ0) is 14.3. The van der Waals surface area contributed by atoms with Crippen LogP contribution >= 0.6 is 0 Å². The highest BCUT2D eigenvalue weighted by molar-refractivity contribution is 5.76. The zero-order valence-corrected chi connectivity index (χ0v) is 11.0. The summed E-state index contributed by atoms with van der Waals surface area (Å²) in [5.41, 5.74) is 1.31. The number of rotatable bonds is 7. The Labute approximate surface area is 111 Å². The maximum atomic E-state index is 11.1. The van der Waals surface area contributed by atoms with Gasteiger partial charge in [0.05, 0.1) is 4.92 Å². The van der Waals surface area contributed by atoms with Crippen LogP contribution in [0, 0.1) is 10.1 Å². The van der Waals surface area contributed by atoms with Gasteiger partial charge in [-0.3, -0.25) is 14.9 Å². The summed E-state index contributed by atoms with van der Waals surface area (Å²) in [5, 5.41) is 19.4. The van der Waals surface area contributed by atoms with Crippen molar-refractivity contribution in [1.82, 2.24) is 5.32 Å². The van der Waals surface area contributed by atoms with E-state index >= 15 is 0 Å². The first-order valence-electron chi connectivity index (χ1n) is 6.04. The van der Waals surface area contributed by atoms with Gasteiger partial charge in [0.2, 0.25) is 5.91 Å². The molecule has 0 radical (unpaired) electrons. The molecular weight excluding hydrogens is 248 g/mol. The Balaban J connectivity index is 2.75. The molecular formula is C12H18N4O3. The van der Waals surface area contributed by atoms with Crippen molar-refractivity contribution in [2.45, 2.75) is 13.3 Å². The monoisotopic (exact) mass is 266 g/mol. The van der Waals surface area contributed by atoms with Crippen LogP contribution in [0.15, 0.2) is 18.2 Å². The first kappa shape index (κ1) is 14.7. The third kappa shape index (κ3) is 4.82. The van der Waals surface area contributed by atoms with Gasteiger partial charge < -0.3 is 16.0 Å². The molecule has 19 heavy (non-hydrogen) atoms. The van der Waals surface area contributed by atoms with Crippen LogP contribution in [0.3, 0.4) is 0 Å². The fraction of sp³-hybridized carbons (Fsp3) is 0.417.